The number of likely N-dealkylation sites (tertiary alicyclic amines) is 2. The van der Waals surface area contributed by atoms with Crippen LogP contribution in [0.25, 0.3) is 33.6 Å². The van der Waals surface area contributed by atoms with Crippen molar-refractivity contribution in [1.82, 2.24) is 40.4 Å². The molecule has 4 heterocycles. The van der Waals surface area contributed by atoms with Crippen LogP contribution in [0.4, 0.5) is 9.59 Å². The Morgan fingerprint density at radius 3 is 1.52 bits per heavy atom. The molecule has 0 radical (unpaired) electrons. The molecule has 2 aromatic heterocycles. The lowest BCUT2D eigenvalue weighted by Gasteiger charge is -2.30. The molecule has 2 saturated heterocycles. The van der Waals surface area contributed by atoms with Crippen molar-refractivity contribution in [2.24, 2.45) is 11.8 Å². The van der Waals surface area contributed by atoms with Crippen LogP contribution >= 0.6 is 0 Å². The Bertz CT molecular complexity index is 1940. The predicted molar refractivity (Wildman–Crippen MR) is 203 cm³/mol. The third-order valence-corrected chi connectivity index (χ3v) is 10.3. The second-order valence-electron chi connectivity index (χ2n) is 14.7. The summed E-state index contributed by atoms with van der Waals surface area (Å²) in [6, 6.07) is 14.4. The first-order chi connectivity index (χ1) is 25.9. The highest BCUT2D eigenvalue weighted by Gasteiger charge is 2.39. The molecule has 54 heavy (non-hydrogen) atoms. The number of amides is 4. The van der Waals surface area contributed by atoms with E-state index in [1.54, 1.807) is 24.2 Å². The highest BCUT2D eigenvalue weighted by atomic mass is 16.5. The number of nitrogens with one attached hydrogen (secondary N) is 4. The Kier molecular flexibility index (Phi) is 11.7. The van der Waals surface area contributed by atoms with Crippen LogP contribution in [0, 0.1) is 11.8 Å². The standard InChI is InChI=1S/C40H50N8O6/c1-6-54-40(53)46-34(24(4)5)38(50)48-20-8-10-32(48)36-42-22-30(44-36)28-17-13-26(14-18-28)25-11-15-27(16-12-25)29-21-41-35(43-29)31-9-7-19-47(31)37(49)33(23(2)3)45-39(51)52/h11-18,21-24,31-34,45H,6-10,19-20H2,1-5H3,(H,41,43)(H,42,44)(H,46,53)(H,51,52)/t31-,32-,33-,34-/m0/s1. The van der Waals surface area contributed by atoms with Gasteiger partial charge in [0, 0.05) is 13.1 Å². The SMILES string of the molecule is CCOC(=O)N[C@H](C(=O)N1CCC[C@H]1c1ncc(-c2ccc(-c3ccc(-c4cnc([C@@H]5CCCN5C(=O)[C@@H](NC(=O)O)C(C)C)[nH]4)cc3)cc2)[nH]1)C(C)C. The summed E-state index contributed by atoms with van der Waals surface area (Å²) in [6.07, 6.45) is 4.96. The van der Waals surface area contributed by atoms with Crippen molar-refractivity contribution in [3.63, 3.8) is 0 Å². The van der Waals surface area contributed by atoms with Crippen LogP contribution in [0.15, 0.2) is 60.9 Å². The van der Waals surface area contributed by atoms with E-state index in [-0.39, 0.29) is 42.3 Å². The predicted octanol–water partition coefficient (Wildman–Crippen LogP) is 6.52. The number of carboxylic acid groups (broad SMARTS) is 1. The second-order valence-corrected chi connectivity index (χ2v) is 14.7. The summed E-state index contributed by atoms with van der Waals surface area (Å²) in [6.45, 7) is 10.6. The van der Waals surface area contributed by atoms with Gasteiger partial charge in [-0.15, -0.1) is 0 Å². The topological polar surface area (TPSA) is 186 Å². The first kappa shape index (κ1) is 38.1. The number of nitrogens with zero attached hydrogens (tertiary/aromatic N) is 4. The maximum Gasteiger partial charge on any atom is 0.407 e. The summed E-state index contributed by atoms with van der Waals surface area (Å²) in [5.74, 6) is 0.747. The number of H-pyrrole nitrogens is 2. The summed E-state index contributed by atoms with van der Waals surface area (Å²) < 4.78 is 5.04. The monoisotopic (exact) mass is 738 g/mol. The van der Waals surface area contributed by atoms with Crippen molar-refractivity contribution in [2.75, 3.05) is 19.7 Å². The van der Waals surface area contributed by atoms with Crippen LogP contribution in [-0.4, -0.2) is 90.6 Å². The normalized spacial score (nSPS) is 18.2. The third kappa shape index (κ3) is 8.27. The van der Waals surface area contributed by atoms with E-state index in [0.717, 1.165) is 65.1 Å². The van der Waals surface area contributed by atoms with E-state index in [9.17, 15) is 24.3 Å². The van der Waals surface area contributed by atoms with Gasteiger partial charge in [-0.3, -0.25) is 9.59 Å². The van der Waals surface area contributed by atoms with Gasteiger partial charge in [0.2, 0.25) is 11.8 Å². The van der Waals surface area contributed by atoms with Crippen LogP contribution < -0.4 is 10.6 Å². The lowest BCUT2D eigenvalue weighted by atomic mass is 10.0. The van der Waals surface area contributed by atoms with Gasteiger partial charge in [0.05, 0.1) is 42.5 Å². The quantitative estimate of drug-likeness (QED) is 0.109. The van der Waals surface area contributed by atoms with Crippen LogP contribution in [0.1, 0.15) is 84.0 Å². The summed E-state index contributed by atoms with van der Waals surface area (Å²) in [5.41, 5.74) is 5.71. The summed E-state index contributed by atoms with van der Waals surface area (Å²) in [4.78, 5) is 70.1. The molecule has 2 aromatic carbocycles. The van der Waals surface area contributed by atoms with Gasteiger partial charge in [0.15, 0.2) is 0 Å². The molecular weight excluding hydrogens is 688 g/mol. The number of aromatic amines is 2. The van der Waals surface area contributed by atoms with E-state index in [4.69, 9.17) is 4.74 Å². The number of hydrogen-bond donors (Lipinski definition) is 5. The van der Waals surface area contributed by atoms with Crippen molar-refractivity contribution in [3.8, 4) is 33.6 Å². The number of ether oxygens (including phenoxy) is 1. The van der Waals surface area contributed by atoms with Crippen LogP contribution in [0.5, 0.6) is 0 Å². The highest BCUT2D eigenvalue weighted by Crippen LogP contribution is 2.35. The summed E-state index contributed by atoms with van der Waals surface area (Å²) in [5, 5.41) is 14.4. The first-order valence-corrected chi connectivity index (χ1v) is 18.8. The molecule has 2 fully saturated rings. The van der Waals surface area contributed by atoms with Gasteiger partial charge in [0.1, 0.15) is 23.7 Å². The molecule has 14 heteroatoms. The molecule has 2 aliphatic rings. The Morgan fingerprint density at radius 1 is 0.722 bits per heavy atom. The molecule has 2 aliphatic heterocycles. The molecule has 0 bridgehead atoms. The van der Waals surface area contributed by atoms with Gasteiger partial charge < -0.3 is 40.2 Å². The average molecular weight is 739 g/mol. The van der Waals surface area contributed by atoms with E-state index >= 15 is 0 Å². The first-order valence-electron chi connectivity index (χ1n) is 18.8. The molecule has 6 rings (SSSR count). The fraction of sp³-hybridized carbons (Fsp3) is 0.450. The molecule has 4 amide bonds. The van der Waals surface area contributed by atoms with E-state index in [1.165, 1.54) is 0 Å². The Balaban J connectivity index is 1.10. The van der Waals surface area contributed by atoms with Crippen LogP contribution in [-0.2, 0) is 14.3 Å². The maximum absolute atomic E-state index is 13.6. The number of benzene rings is 2. The van der Waals surface area contributed by atoms with E-state index in [0.29, 0.717) is 18.9 Å². The zero-order valence-electron chi connectivity index (χ0n) is 31.5. The van der Waals surface area contributed by atoms with E-state index < -0.39 is 24.3 Å². The number of carbonyl (C=O) groups is 4. The Morgan fingerprint density at radius 2 is 1.13 bits per heavy atom. The number of aromatic nitrogens is 4. The number of hydrogen-bond acceptors (Lipinski definition) is 7. The zero-order chi connectivity index (χ0) is 38.5. The maximum atomic E-state index is 13.6. The average Bonchev–Trinajstić information content (AvgIpc) is 3.99. The van der Waals surface area contributed by atoms with Crippen molar-refractivity contribution in [1.29, 1.82) is 0 Å². The van der Waals surface area contributed by atoms with Crippen molar-refractivity contribution < 1.29 is 29.0 Å². The lowest BCUT2D eigenvalue weighted by molar-refractivity contribution is -0.136. The fourth-order valence-corrected chi connectivity index (χ4v) is 7.44. The number of carbonyl (C=O) groups excluding carboxylic acids is 3. The molecular formula is C40H50N8O6. The summed E-state index contributed by atoms with van der Waals surface area (Å²) >= 11 is 0. The molecule has 286 valence electrons. The minimum absolute atomic E-state index is 0.107. The Hall–Kier alpha value is -5.66. The fourth-order valence-electron chi connectivity index (χ4n) is 7.44. The molecule has 4 atom stereocenters. The van der Waals surface area contributed by atoms with Crippen LogP contribution in [0.2, 0.25) is 0 Å². The second kappa shape index (κ2) is 16.6. The number of alkyl carbamates (subject to hydrolysis) is 1. The van der Waals surface area contributed by atoms with E-state index in [1.807, 2.05) is 56.9 Å². The molecule has 0 saturated carbocycles. The van der Waals surface area contributed by atoms with Gasteiger partial charge in [-0.05, 0) is 66.7 Å². The van der Waals surface area contributed by atoms with Gasteiger partial charge in [-0.1, -0.05) is 76.2 Å². The smallest absolute Gasteiger partial charge is 0.407 e. The molecule has 0 spiro atoms. The van der Waals surface area contributed by atoms with Crippen LogP contribution in [0.3, 0.4) is 0 Å². The van der Waals surface area contributed by atoms with Crippen molar-refractivity contribution >= 4 is 24.0 Å². The minimum Gasteiger partial charge on any atom is -0.465 e. The molecule has 5 N–H and O–H groups in total. The largest absolute Gasteiger partial charge is 0.465 e. The molecule has 4 aromatic rings. The highest BCUT2D eigenvalue weighted by molar-refractivity contribution is 5.87. The minimum atomic E-state index is -1.21. The van der Waals surface area contributed by atoms with Gasteiger partial charge in [-0.25, -0.2) is 19.6 Å². The van der Waals surface area contributed by atoms with Gasteiger partial charge >= 0.3 is 12.2 Å². The molecule has 14 nitrogen and oxygen atoms in total. The van der Waals surface area contributed by atoms with E-state index in [2.05, 4.69) is 54.8 Å². The van der Waals surface area contributed by atoms with Crippen molar-refractivity contribution in [3.05, 3.63) is 72.6 Å². The number of rotatable bonds is 12. The number of imidazole rings is 2. The van der Waals surface area contributed by atoms with Gasteiger partial charge in [-0.2, -0.15) is 0 Å². The van der Waals surface area contributed by atoms with Crippen molar-refractivity contribution in [2.45, 2.75) is 84.5 Å². The Labute approximate surface area is 315 Å². The summed E-state index contributed by atoms with van der Waals surface area (Å²) in [7, 11) is 0. The van der Waals surface area contributed by atoms with Gasteiger partial charge in [0.25, 0.3) is 0 Å². The lowest BCUT2D eigenvalue weighted by Crippen LogP contribution is -2.51. The third-order valence-electron chi connectivity index (χ3n) is 10.3. The zero-order valence-corrected chi connectivity index (χ0v) is 31.5. The molecule has 0 unspecified atom stereocenters. The molecule has 0 aliphatic carbocycles.